The molecule has 119 heavy (non-hydrogen) atoms. The van der Waals surface area contributed by atoms with Gasteiger partial charge in [0.2, 0.25) is 0 Å². The van der Waals surface area contributed by atoms with Crippen LogP contribution in [-0.2, 0) is 0 Å². The summed E-state index contributed by atoms with van der Waals surface area (Å²) in [4.78, 5) is 0. The number of rotatable bonds is 9. The summed E-state index contributed by atoms with van der Waals surface area (Å²) >= 11 is 0. The second kappa shape index (κ2) is 30.7. The van der Waals surface area contributed by atoms with Crippen molar-refractivity contribution in [2.24, 2.45) is 0 Å². The van der Waals surface area contributed by atoms with Crippen molar-refractivity contribution in [1.29, 1.82) is 0 Å². The molecular formula is C116H88O3. The van der Waals surface area contributed by atoms with E-state index in [0.29, 0.717) is 0 Å². The van der Waals surface area contributed by atoms with E-state index in [0.717, 1.165) is 99.2 Å². The number of hydrogen-bond donors (Lipinski definition) is 0. The fraction of sp³-hybridized carbons (Fsp3) is 0.0172. The maximum absolute atomic E-state index is 6.62. The zero-order valence-electron chi connectivity index (χ0n) is 75.8. The molecule has 3 nitrogen and oxygen atoms in total. The Kier molecular flexibility index (Phi) is 17.0. The normalized spacial score (nSPS) is 11.8. The first kappa shape index (κ1) is 65.9. The van der Waals surface area contributed by atoms with Crippen molar-refractivity contribution in [3.05, 3.63) is 437 Å². The standard InChI is InChI=1S/3C38H24O.2CH4.4H2/c3*1-3-13-25(14-4-1)27-21-11-23-33-37-32(22-12-24-34(37)39-38(27)33)36-30-19-9-7-17-28(30)35(26-15-5-2-6-16-26)29-18-8-10-20-31(29)36;;;;;;/h3*1-24H;2*1H4;4*1H/i;;;2*1D;4*1+1D. The van der Waals surface area contributed by atoms with Crippen molar-refractivity contribution < 1.29 is 27.9 Å². The van der Waals surface area contributed by atoms with Gasteiger partial charge in [-0.2, -0.15) is 0 Å². The summed E-state index contributed by atoms with van der Waals surface area (Å²) in [5.41, 5.74) is 27.2. The van der Waals surface area contributed by atoms with E-state index in [1.807, 2.05) is 0 Å². The summed E-state index contributed by atoms with van der Waals surface area (Å²) in [5, 5.41) is 21.9. The van der Waals surface area contributed by atoms with Crippen LogP contribution in [0.2, 0.25) is 0 Å². The fourth-order valence-corrected chi connectivity index (χ4v) is 18.7. The quantitative estimate of drug-likeness (QED) is 0.135. The molecule has 3 heteroatoms. The zero-order valence-corrected chi connectivity index (χ0v) is 65.8. The smallest absolute Gasteiger partial charge is 0.143 e. The van der Waals surface area contributed by atoms with Crippen molar-refractivity contribution in [3.63, 3.8) is 0 Å². The van der Waals surface area contributed by atoms with Crippen LogP contribution >= 0.6 is 0 Å². The second-order valence-electron chi connectivity index (χ2n) is 30.1. The minimum absolute atomic E-state index is 0.908. The van der Waals surface area contributed by atoms with Gasteiger partial charge in [-0.1, -0.05) is 433 Å². The van der Waals surface area contributed by atoms with Crippen LogP contribution in [0.15, 0.2) is 450 Å². The van der Waals surface area contributed by atoms with Gasteiger partial charge in [0, 0.05) is 63.6 Å². The Morgan fingerprint density at radius 3 is 0.521 bits per heavy atom. The third kappa shape index (κ3) is 12.3. The maximum Gasteiger partial charge on any atom is 0.143 e. The molecule has 3 heterocycles. The molecule has 0 aliphatic rings. The molecule has 0 unspecified atom stereocenters. The van der Waals surface area contributed by atoms with E-state index >= 15 is 0 Å². The van der Waals surface area contributed by atoms with Gasteiger partial charge in [0.25, 0.3) is 0 Å². The van der Waals surface area contributed by atoms with E-state index in [2.05, 4.69) is 437 Å². The van der Waals surface area contributed by atoms with Gasteiger partial charge in [0.15, 0.2) is 0 Å². The van der Waals surface area contributed by atoms with Crippen molar-refractivity contribution in [1.82, 2.24) is 0 Å². The second-order valence-corrected chi connectivity index (χ2v) is 30.1. The third-order valence-corrected chi connectivity index (χ3v) is 23.6. The van der Waals surface area contributed by atoms with Crippen molar-refractivity contribution in [2.75, 3.05) is 0 Å². The Balaban J connectivity index is 0.000000134. The van der Waals surface area contributed by atoms with Crippen LogP contribution in [0.3, 0.4) is 0 Å². The maximum atomic E-state index is 6.62. The van der Waals surface area contributed by atoms with E-state index in [1.54, 1.807) is 0 Å². The molecule has 570 valence electrons. The summed E-state index contributed by atoms with van der Waals surface area (Å²) < 4.78 is 71.4. The predicted molar refractivity (Wildman–Crippen MR) is 517 cm³/mol. The molecule has 0 aliphatic heterocycles. The molecule has 24 aromatic rings. The molecular weight excluding hydrogens is 1440 g/mol. The summed E-state index contributed by atoms with van der Waals surface area (Å²) in [5.74, 6) is 0. The van der Waals surface area contributed by atoms with Crippen LogP contribution in [0.4, 0.5) is 0 Å². The summed E-state index contributed by atoms with van der Waals surface area (Å²) in [6, 6.07) is 156. The number of furan rings is 3. The topological polar surface area (TPSA) is 39.4 Å². The average molecular weight is 1540 g/mol. The van der Waals surface area contributed by atoms with E-state index in [1.165, 1.54) is 146 Å². The number of benzene rings is 21. The lowest BCUT2D eigenvalue weighted by atomic mass is 9.85. The molecule has 0 radical (unpaired) electrons. The van der Waals surface area contributed by atoms with Gasteiger partial charge < -0.3 is 13.3 Å². The summed E-state index contributed by atoms with van der Waals surface area (Å²) in [6.07, 6.45) is 0. The molecule has 24 rings (SSSR count). The van der Waals surface area contributed by atoms with Crippen LogP contribution in [-0.4, -0.2) is 0 Å². The minimum Gasteiger partial charge on any atom is -0.455 e. The van der Waals surface area contributed by atoms with Crippen LogP contribution in [0.25, 0.3) is 231 Å². The first-order valence-electron chi connectivity index (χ1n) is 46.1. The highest BCUT2D eigenvalue weighted by Crippen LogP contribution is 2.53. The SMILES string of the molecule is [2H]C.[2H]C.[2H][2H].[2H][2H].[2H][2H].[2H][2H].c1ccc(-c2c3ccccc3c(-c3cccc4oc5c(-c6ccccc6)cccc5c34)c3ccccc23)cc1.c1ccc(-c2c3ccccc3c(-c3cccc4oc5c(-c6ccccc6)cccc5c34)c3ccccc23)cc1.c1ccc(-c2c3ccccc3c(-c3cccc4oc5c(-c6ccccc6)cccc5c34)c3ccccc23)cc1. The molecule has 0 bridgehead atoms. The third-order valence-electron chi connectivity index (χ3n) is 23.6. The van der Waals surface area contributed by atoms with Gasteiger partial charge >= 0.3 is 0 Å². The number of fused-ring (bicyclic) bond motifs is 15. The minimum atomic E-state index is 0.908. The zero-order chi connectivity index (χ0) is 89.3. The van der Waals surface area contributed by atoms with E-state index in [-0.39, 0.29) is 0 Å². The van der Waals surface area contributed by atoms with E-state index < -0.39 is 0 Å². The van der Waals surface area contributed by atoms with Gasteiger partial charge in [-0.3, -0.25) is 0 Å². The van der Waals surface area contributed by atoms with Gasteiger partial charge in [0.05, 0.1) is 0 Å². The Morgan fingerprint density at radius 1 is 0.151 bits per heavy atom. The van der Waals surface area contributed by atoms with Gasteiger partial charge in [-0.05, 0) is 166 Å². The molecule has 0 N–H and O–H groups in total. The average Bonchev–Trinajstić information content (AvgIpc) is 1.69. The first-order valence-corrected chi connectivity index (χ1v) is 40.1. The highest BCUT2D eigenvalue weighted by molar-refractivity contribution is 6.30. The largest absolute Gasteiger partial charge is 0.455 e. The molecule has 0 aliphatic carbocycles. The number of para-hydroxylation sites is 3. The molecule has 0 saturated heterocycles. The molecule has 3 aromatic heterocycles. The molecule has 21 aromatic carbocycles. The summed E-state index contributed by atoms with van der Waals surface area (Å²) in [7, 11) is 2.50. The molecule has 0 atom stereocenters. The molecule has 0 spiro atoms. The molecule has 0 amide bonds. The van der Waals surface area contributed by atoms with Crippen molar-refractivity contribution in [2.45, 2.75) is 14.8 Å². The first-order chi connectivity index (χ1) is 64.1. The lowest BCUT2D eigenvalue weighted by Gasteiger charge is -2.18. The molecule has 0 saturated carbocycles. The van der Waals surface area contributed by atoms with Crippen LogP contribution in [0.1, 0.15) is 29.4 Å². The monoisotopic (exact) mass is 1540 g/mol. The Labute approximate surface area is 706 Å². The van der Waals surface area contributed by atoms with Gasteiger partial charge in [-0.25, -0.2) is 0 Å². The Hall–Kier alpha value is -15.4. The van der Waals surface area contributed by atoms with Gasteiger partial charge in [-0.15, -0.1) is 0 Å². The Morgan fingerprint density at radius 2 is 0.311 bits per heavy atom. The Bertz CT molecular complexity index is 7090. The predicted octanol–water partition coefficient (Wildman–Crippen LogP) is 34.9. The van der Waals surface area contributed by atoms with Crippen LogP contribution in [0, 0.1) is 0 Å². The van der Waals surface area contributed by atoms with Crippen LogP contribution in [0.5, 0.6) is 0 Å². The van der Waals surface area contributed by atoms with Crippen molar-refractivity contribution >= 4 is 130 Å². The van der Waals surface area contributed by atoms with Gasteiger partial charge in [0.1, 0.15) is 33.5 Å². The van der Waals surface area contributed by atoms with Crippen LogP contribution < -0.4 is 0 Å². The number of hydrogen-bond acceptors (Lipinski definition) is 3. The summed E-state index contributed by atoms with van der Waals surface area (Å²) in [6.45, 7) is 0. The fourth-order valence-electron chi connectivity index (χ4n) is 18.7. The lowest BCUT2D eigenvalue weighted by Crippen LogP contribution is -1.91. The van der Waals surface area contributed by atoms with E-state index in [4.69, 9.17) is 27.9 Å². The van der Waals surface area contributed by atoms with E-state index in [9.17, 15) is 0 Å². The molecule has 0 fully saturated rings. The lowest BCUT2D eigenvalue weighted by molar-refractivity contribution is 0.669. The highest BCUT2D eigenvalue weighted by Gasteiger charge is 2.26. The van der Waals surface area contributed by atoms with Crippen molar-refractivity contribution in [3.8, 4) is 100 Å². The highest BCUT2D eigenvalue weighted by atomic mass is 16.3.